The van der Waals surface area contributed by atoms with Crippen LogP contribution in [0.15, 0.2) is 24.3 Å². The number of rotatable bonds is 6. The monoisotopic (exact) mass is 321 g/mol. The molecule has 0 spiro atoms. The lowest BCUT2D eigenvalue weighted by Gasteiger charge is -2.17. The zero-order valence-electron chi connectivity index (χ0n) is 11.4. The molecular weight excluding hydrogens is 303 g/mol. The van der Waals surface area contributed by atoms with Gasteiger partial charge in [0, 0.05) is 18.3 Å². The van der Waals surface area contributed by atoms with Crippen LogP contribution >= 0.6 is 11.8 Å². The molecule has 0 unspecified atom stereocenters. The molecule has 0 amide bonds. The summed E-state index contributed by atoms with van der Waals surface area (Å²) in [6, 6.07) is 5.07. The highest BCUT2D eigenvalue weighted by Crippen LogP contribution is 2.31. The largest absolute Gasteiger partial charge is 0.491 e. The molecule has 0 radical (unpaired) electrons. The van der Waals surface area contributed by atoms with Crippen molar-refractivity contribution in [1.82, 2.24) is 5.32 Å². The molecular formula is C14H18F3NO2S. The quantitative estimate of drug-likeness (QED) is 0.845. The molecule has 1 saturated heterocycles. The van der Waals surface area contributed by atoms with E-state index in [4.69, 9.17) is 4.74 Å². The molecule has 7 heteroatoms. The van der Waals surface area contributed by atoms with Crippen molar-refractivity contribution in [3.05, 3.63) is 29.8 Å². The summed E-state index contributed by atoms with van der Waals surface area (Å²) in [5.74, 6) is 2.26. The second-order valence-electron chi connectivity index (χ2n) is 4.96. The van der Waals surface area contributed by atoms with Gasteiger partial charge in [-0.05, 0) is 30.4 Å². The summed E-state index contributed by atoms with van der Waals surface area (Å²) in [5, 5.41) is 13.0. The molecule has 3 nitrogen and oxygen atoms in total. The lowest BCUT2D eigenvalue weighted by Crippen LogP contribution is -2.38. The summed E-state index contributed by atoms with van der Waals surface area (Å²) in [7, 11) is 0. The zero-order valence-corrected chi connectivity index (χ0v) is 12.2. The van der Waals surface area contributed by atoms with Gasteiger partial charge in [0.05, 0.1) is 5.56 Å². The molecule has 2 rings (SSSR count). The highest BCUT2D eigenvalue weighted by molar-refractivity contribution is 7.99. The van der Waals surface area contributed by atoms with Crippen LogP contribution in [-0.2, 0) is 6.18 Å². The van der Waals surface area contributed by atoms with Gasteiger partial charge in [-0.25, -0.2) is 0 Å². The molecule has 2 atom stereocenters. The van der Waals surface area contributed by atoms with Crippen LogP contribution in [0.3, 0.4) is 0 Å². The summed E-state index contributed by atoms with van der Waals surface area (Å²) in [5.41, 5.74) is -0.754. The predicted octanol–water partition coefficient (Wildman–Crippen LogP) is 2.54. The van der Waals surface area contributed by atoms with Crippen molar-refractivity contribution in [2.45, 2.75) is 24.7 Å². The molecule has 0 aliphatic carbocycles. The number of aliphatic hydroxyl groups excluding tert-OH is 1. The Hall–Kier alpha value is -0.920. The number of alkyl halides is 3. The Morgan fingerprint density at radius 2 is 2.24 bits per heavy atom. The maximum atomic E-state index is 12.5. The number of nitrogens with one attached hydrogen (secondary N) is 1. The summed E-state index contributed by atoms with van der Waals surface area (Å²) in [6.45, 7) is 0.346. The minimum atomic E-state index is -4.39. The summed E-state index contributed by atoms with van der Waals surface area (Å²) in [6.07, 6.45) is -4.06. The van der Waals surface area contributed by atoms with E-state index in [0.717, 1.165) is 30.1 Å². The molecule has 1 aliphatic heterocycles. The fourth-order valence-electron chi connectivity index (χ4n) is 2.01. The Kier molecular flexibility index (Phi) is 5.78. The van der Waals surface area contributed by atoms with E-state index in [2.05, 4.69) is 5.32 Å². The first kappa shape index (κ1) is 16.5. The Balaban J connectivity index is 1.76. The van der Waals surface area contributed by atoms with Gasteiger partial charge < -0.3 is 15.2 Å². The van der Waals surface area contributed by atoms with Gasteiger partial charge in [0.15, 0.2) is 0 Å². The topological polar surface area (TPSA) is 41.5 Å². The van der Waals surface area contributed by atoms with Gasteiger partial charge in [-0.15, -0.1) is 0 Å². The molecule has 0 bridgehead atoms. The Morgan fingerprint density at radius 1 is 1.43 bits per heavy atom. The standard InChI is InChI=1S/C14H18F3NO2S/c15-14(16,17)10-2-1-3-13(6-10)20-8-12(19)7-18-11-4-5-21-9-11/h1-3,6,11-12,18-19H,4-5,7-9H2/t11-,12-/m0/s1. The van der Waals surface area contributed by atoms with Crippen LogP contribution in [0.4, 0.5) is 13.2 Å². The van der Waals surface area contributed by atoms with Gasteiger partial charge in [-0.3, -0.25) is 0 Å². The average Bonchev–Trinajstić information content (AvgIpc) is 2.95. The van der Waals surface area contributed by atoms with Crippen LogP contribution in [0.2, 0.25) is 0 Å². The summed E-state index contributed by atoms with van der Waals surface area (Å²) >= 11 is 1.87. The third-order valence-electron chi connectivity index (χ3n) is 3.18. The minimum absolute atomic E-state index is 0.0336. The molecule has 0 aromatic heterocycles. The number of hydrogen-bond acceptors (Lipinski definition) is 4. The van der Waals surface area contributed by atoms with Crippen molar-refractivity contribution < 1.29 is 23.0 Å². The van der Waals surface area contributed by atoms with Crippen molar-refractivity contribution in [3.63, 3.8) is 0 Å². The molecule has 0 saturated carbocycles. The fraction of sp³-hybridized carbons (Fsp3) is 0.571. The van der Waals surface area contributed by atoms with Crippen LogP contribution in [0, 0.1) is 0 Å². The van der Waals surface area contributed by atoms with Crippen LogP contribution in [0.5, 0.6) is 5.75 Å². The Morgan fingerprint density at radius 3 is 2.90 bits per heavy atom. The SMILES string of the molecule is O[C@@H](CN[C@H]1CCSC1)COc1cccc(C(F)(F)F)c1. The third-order valence-corrected chi connectivity index (χ3v) is 4.34. The number of aliphatic hydroxyl groups is 1. The first-order valence-corrected chi connectivity index (χ1v) is 7.90. The Labute approximate surface area is 125 Å². The van der Waals surface area contributed by atoms with Gasteiger partial charge in [-0.2, -0.15) is 24.9 Å². The second-order valence-corrected chi connectivity index (χ2v) is 6.11. The molecule has 1 aromatic carbocycles. The highest BCUT2D eigenvalue weighted by atomic mass is 32.2. The minimum Gasteiger partial charge on any atom is -0.491 e. The maximum Gasteiger partial charge on any atom is 0.416 e. The normalized spacial score (nSPS) is 20.5. The van der Waals surface area contributed by atoms with Gasteiger partial charge in [0.1, 0.15) is 18.5 Å². The number of benzene rings is 1. The predicted molar refractivity (Wildman–Crippen MR) is 76.7 cm³/mol. The van der Waals surface area contributed by atoms with E-state index >= 15 is 0 Å². The molecule has 118 valence electrons. The van der Waals surface area contributed by atoms with Gasteiger partial charge in [0.25, 0.3) is 0 Å². The summed E-state index contributed by atoms with van der Waals surface area (Å²) < 4.78 is 42.9. The maximum absolute atomic E-state index is 12.5. The van der Waals surface area contributed by atoms with E-state index in [1.807, 2.05) is 11.8 Å². The van der Waals surface area contributed by atoms with E-state index in [9.17, 15) is 18.3 Å². The van der Waals surface area contributed by atoms with Crippen LogP contribution in [0.1, 0.15) is 12.0 Å². The smallest absolute Gasteiger partial charge is 0.416 e. The van der Waals surface area contributed by atoms with Crippen molar-refractivity contribution in [3.8, 4) is 5.75 Å². The van der Waals surface area contributed by atoms with Crippen molar-refractivity contribution in [1.29, 1.82) is 0 Å². The van der Waals surface area contributed by atoms with E-state index < -0.39 is 17.8 Å². The number of halogens is 3. The van der Waals surface area contributed by atoms with E-state index in [1.165, 1.54) is 12.1 Å². The number of ether oxygens (including phenoxy) is 1. The van der Waals surface area contributed by atoms with E-state index in [0.29, 0.717) is 12.6 Å². The Bertz CT molecular complexity index is 450. The number of thioether (sulfide) groups is 1. The van der Waals surface area contributed by atoms with Gasteiger partial charge in [-0.1, -0.05) is 6.07 Å². The van der Waals surface area contributed by atoms with Crippen molar-refractivity contribution in [2.24, 2.45) is 0 Å². The van der Waals surface area contributed by atoms with Crippen LogP contribution in [0.25, 0.3) is 0 Å². The zero-order chi connectivity index (χ0) is 15.3. The first-order chi connectivity index (χ1) is 9.95. The van der Waals surface area contributed by atoms with Gasteiger partial charge >= 0.3 is 6.18 Å². The van der Waals surface area contributed by atoms with E-state index in [-0.39, 0.29) is 12.4 Å². The average molecular weight is 321 g/mol. The molecule has 1 aromatic rings. The number of hydrogen-bond donors (Lipinski definition) is 2. The highest BCUT2D eigenvalue weighted by Gasteiger charge is 2.30. The lowest BCUT2D eigenvalue weighted by atomic mass is 10.2. The van der Waals surface area contributed by atoms with Crippen molar-refractivity contribution >= 4 is 11.8 Å². The van der Waals surface area contributed by atoms with E-state index in [1.54, 1.807) is 0 Å². The fourth-order valence-corrected chi connectivity index (χ4v) is 3.20. The first-order valence-electron chi connectivity index (χ1n) is 6.74. The van der Waals surface area contributed by atoms with Crippen LogP contribution < -0.4 is 10.1 Å². The molecule has 1 aliphatic rings. The van der Waals surface area contributed by atoms with Crippen LogP contribution in [-0.4, -0.2) is 41.9 Å². The summed E-state index contributed by atoms with van der Waals surface area (Å²) in [4.78, 5) is 0. The molecule has 2 N–H and O–H groups in total. The van der Waals surface area contributed by atoms with Crippen molar-refractivity contribution in [2.75, 3.05) is 24.7 Å². The molecule has 21 heavy (non-hydrogen) atoms. The second kappa shape index (κ2) is 7.38. The molecule has 1 heterocycles. The third kappa shape index (κ3) is 5.41. The lowest BCUT2D eigenvalue weighted by molar-refractivity contribution is -0.137. The molecule has 1 fully saturated rings. The van der Waals surface area contributed by atoms with Gasteiger partial charge in [0.2, 0.25) is 0 Å².